The van der Waals surface area contributed by atoms with E-state index in [4.69, 9.17) is 11.6 Å². The largest absolute Gasteiger partial charge is 0.356 e. The molecule has 0 fully saturated rings. The van der Waals surface area contributed by atoms with Crippen LogP contribution in [0.4, 0.5) is 5.69 Å². The van der Waals surface area contributed by atoms with Crippen molar-refractivity contribution in [3.63, 3.8) is 0 Å². The summed E-state index contributed by atoms with van der Waals surface area (Å²) in [4.78, 5) is 16.1. The minimum atomic E-state index is -0.0173. The monoisotopic (exact) mass is 358 g/mol. The van der Waals surface area contributed by atoms with Gasteiger partial charge in [0.05, 0.1) is 0 Å². The molecule has 0 radical (unpaired) electrons. The van der Waals surface area contributed by atoms with Crippen molar-refractivity contribution in [2.75, 3.05) is 18.9 Å². The molecule has 3 N–H and O–H groups in total. The maximum Gasteiger partial charge on any atom is 0.224 e. The summed E-state index contributed by atoms with van der Waals surface area (Å²) in [5.41, 5.74) is 1.94. The Balaban J connectivity index is 1.63. The van der Waals surface area contributed by atoms with Crippen LogP contribution in [-0.2, 0) is 11.3 Å². The second-order valence-corrected chi connectivity index (χ2v) is 5.93. The number of aliphatic imine (C=N–C) groups is 1. The molecule has 0 heterocycles. The van der Waals surface area contributed by atoms with Gasteiger partial charge in [-0.2, -0.15) is 0 Å². The van der Waals surface area contributed by atoms with Crippen molar-refractivity contribution in [3.05, 3.63) is 65.2 Å². The number of anilines is 1. The average molecular weight is 359 g/mol. The summed E-state index contributed by atoms with van der Waals surface area (Å²) >= 11 is 5.82. The summed E-state index contributed by atoms with van der Waals surface area (Å²) in [7, 11) is 1.73. The highest BCUT2D eigenvalue weighted by molar-refractivity contribution is 6.30. The summed E-state index contributed by atoms with van der Waals surface area (Å²) in [6, 6.07) is 17.2. The Kier molecular flexibility index (Phi) is 7.79. The van der Waals surface area contributed by atoms with E-state index in [9.17, 15) is 4.79 Å². The molecule has 2 rings (SSSR count). The van der Waals surface area contributed by atoms with Crippen LogP contribution in [0.3, 0.4) is 0 Å². The van der Waals surface area contributed by atoms with Crippen LogP contribution in [0.2, 0.25) is 5.02 Å². The molecule has 0 saturated carbocycles. The lowest BCUT2D eigenvalue weighted by atomic mass is 10.2. The highest BCUT2D eigenvalue weighted by Crippen LogP contribution is 2.13. The van der Waals surface area contributed by atoms with E-state index >= 15 is 0 Å². The molecule has 0 aromatic heterocycles. The van der Waals surface area contributed by atoms with E-state index in [1.54, 1.807) is 31.3 Å². The molecule has 25 heavy (non-hydrogen) atoms. The molecule has 0 aliphatic heterocycles. The number of amides is 1. The summed E-state index contributed by atoms with van der Waals surface area (Å²) < 4.78 is 0. The summed E-state index contributed by atoms with van der Waals surface area (Å²) in [6.45, 7) is 1.38. The lowest BCUT2D eigenvalue weighted by molar-refractivity contribution is -0.116. The number of hydrogen-bond acceptors (Lipinski definition) is 2. The van der Waals surface area contributed by atoms with Crippen LogP contribution >= 0.6 is 11.6 Å². The number of nitrogens with zero attached hydrogens (tertiary/aromatic N) is 1. The van der Waals surface area contributed by atoms with Crippen LogP contribution in [0, 0.1) is 0 Å². The number of hydrogen-bond donors (Lipinski definition) is 3. The van der Waals surface area contributed by atoms with E-state index in [0.29, 0.717) is 31.0 Å². The number of rotatable bonds is 7. The Hall–Kier alpha value is -2.53. The molecular formula is C19H23ClN4O. The molecule has 1 amide bonds. The second-order valence-electron chi connectivity index (χ2n) is 5.50. The van der Waals surface area contributed by atoms with Gasteiger partial charge in [-0.1, -0.05) is 41.9 Å². The fourth-order valence-corrected chi connectivity index (χ4v) is 2.34. The quantitative estimate of drug-likeness (QED) is 0.403. The van der Waals surface area contributed by atoms with Gasteiger partial charge in [-0.3, -0.25) is 9.79 Å². The normalized spacial score (nSPS) is 11.0. The van der Waals surface area contributed by atoms with E-state index in [0.717, 1.165) is 11.6 Å². The topological polar surface area (TPSA) is 65.5 Å². The molecule has 0 aliphatic carbocycles. The minimum Gasteiger partial charge on any atom is -0.356 e. The number of carbonyl (C=O) groups is 1. The van der Waals surface area contributed by atoms with Gasteiger partial charge in [0, 0.05) is 37.3 Å². The van der Waals surface area contributed by atoms with Crippen LogP contribution in [0.15, 0.2) is 59.6 Å². The van der Waals surface area contributed by atoms with Crippen molar-refractivity contribution >= 4 is 29.2 Å². The molecular weight excluding hydrogens is 336 g/mol. The van der Waals surface area contributed by atoms with Crippen LogP contribution in [0.5, 0.6) is 0 Å². The fraction of sp³-hybridized carbons (Fsp3) is 0.263. The zero-order valence-electron chi connectivity index (χ0n) is 14.3. The van der Waals surface area contributed by atoms with Crippen molar-refractivity contribution in [2.45, 2.75) is 19.4 Å². The van der Waals surface area contributed by atoms with Gasteiger partial charge < -0.3 is 16.0 Å². The number of carbonyl (C=O) groups excluding carboxylic acids is 1. The third-order valence-corrected chi connectivity index (χ3v) is 3.78. The lowest BCUT2D eigenvalue weighted by Crippen LogP contribution is -2.37. The molecule has 0 unspecified atom stereocenters. The van der Waals surface area contributed by atoms with E-state index < -0.39 is 0 Å². The first-order valence-electron chi connectivity index (χ1n) is 8.21. The first-order chi connectivity index (χ1) is 12.2. The Morgan fingerprint density at radius 1 is 1.04 bits per heavy atom. The Bertz CT molecular complexity index is 686. The molecule has 2 aromatic rings. The van der Waals surface area contributed by atoms with Crippen molar-refractivity contribution in [1.82, 2.24) is 10.6 Å². The smallest absolute Gasteiger partial charge is 0.224 e. The standard InChI is InChI=1S/C19H23ClN4O/c1-21-19(23-14-15-6-3-2-4-7-15)22-13-5-8-18(25)24-17-11-9-16(20)10-12-17/h2-4,6-7,9-12H,5,8,13-14H2,1H3,(H,24,25)(H2,21,22,23). The number of guanidine groups is 1. The van der Waals surface area contributed by atoms with Crippen LogP contribution in [-0.4, -0.2) is 25.5 Å². The van der Waals surface area contributed by atoms with Crippen LogP contribution in [0.25, 0.3) is 0 Å². The first kappa shape index (κ1) is 18.8. The van der Waals surface area contributed by atoms with Gasteiger partial charge in [-0.25, -0.2) is 0 Å². The Labute approximate surface area is 153 Å². The van der Waals surface area contributed by atoms with Gasteiger partial charge in [0.15, 0.2) is 5.96 Å². The van der Waals surface area contributed by atoms with E-state index in [2.05, 4.69) is 33.1 Å². The van der Waals surface area contributed by atoms with Crippen molar-refractivity contribution in [1.29, 1.82) is 0 Å². The zero-order chi connectivity index (χ0) is 17.9. The van der Waals surface area contributed by atoms with Crippen LogP contribution < -0.4 is 16.0 Å². The highest BCUT2D eigenvalue weighted by Gasteiger charge is 2.03. The highest BCUT2D eigenvalue weighted by atomic mass is 35.5. The predicted molar refractivity (Wildman–Crippen MR) is 104 cm³/mol. The first-order valence-corrected chi connectivity index (χ1v) is 8.59. The maximum absolute atomic E-state index is 11.9. The average Bonchev–Trinajstić information content (AvgIpc) is 2.64. The van der Waals surface area contributed by atoms with E-state index in [1.807, 2.05) is 18.2 Å². The van der Waals surface area contributed by atoms with Crippen LogP contribution in [0.1, 0.15) is 18.4 Å². The third-order valence-electron chi connectivity index (χ3n) is 3.53. The SMILES string of the molecule is CN=C(NCCCC(=O)Nc1ccc(Cl)cc1)NCc1ccccc1. The lowest BCUT2D eigenvalue weighted by Gasteiger charge is -2.12. The molecule has 132 valence electrons. The number of nitrogens with one attached hydrogen (secondary N) is 3. The van der Waals surface area contributed by atoms with Crippen molar-refractivity contribution in [2.24, 2.45) is 4.99 Å². The van der Waals surface area contributed by atoms with Gasteiger partial charge in [0.25, 0.3) is 0 Å². The number of halogens is 1. The maximum atomic E-state index is 11.9. The molecule has 0 spiro atoms. The molecule has 0 bridgehead atoms. The van der Waals surface area contributed by atoms with E-state index in [-0.39, 0.29) is 5.91 Å². The predicted octanol–water partition coefficient (Wildman–Crippen LogP) is 3.42. The van der Waals surface area contributed by atoms with Gasteiger partial charge >= 0.3 is 0 Å². The van der Waals surface area contributed by atoms with Crippen molar-refractivity contribution in [3.8, 4) is 0 Å². The Morgan fingerprint density at radius 2 is 1.76 bits per heavy atom. The number of benzene rings is 2. The molecule has 0 aliphatic rings. The second kappa shape index (κ2) is 10.4. The molecule has 2 aromatic carbocycles. The molecule has 5 nitrogen and oxygen atoms in total. The summed E-state index contributed by atoms with van der Waals surface area (Å²) in [5, 5.41) is 9.95. The van der Waals surface area contributed by atoms with Gasteiger partial charge in [-0.15, -0.1) is 0 Å². The zero-order valence-corrected chi connectivity index (χ0v) is 15.0. The van der Waals surface area contributed by atoms with Gasteiger partial charge in [-0.05, 0) is 36.2 Å². The van der Waals surface area contributed by atoms with Gasteiger partial charge in [0.1, 0.15) is 0 Å². The van der Waals surface area contributed by atoms with Gasteiger partial charge in [0.2, 0.25) is 5.91 Å². The minimum absolute atomic E-state index is 0.0173. The molecule has 6 heteroatoms. The fourth-order valence-electron chi connectivity index (χ4n) is 2.21. The van der Waals surface area contributed by atoms with Crippen molar-refractivity contribution < 1.29 is 4.79 Å². The Morgan fingerprint density at radius 3 is 2.44 bits per heavy atom. The summed E-state index contributed by atoms with van der Waals surface area (Å²) in [5.74, 6) is 0.707. The van der Waals surface area contributed by atoms with E-state index in [1.165, 1.54) is 5.56 Å². The molecule has 0 atom stereocenters. The molecule has 0 saturated heterocycles. The summed E-state index contributed by atoms with van der Waals surface area (Å²) in [6.07, 6.45) is 1.15. The third kappa shape index (κ3) is 7.27.